The quantitative estimate of drug-likeness (QED) is 0.231. The number of amides is 2. The van der Waals surface area contributed by atoms with Gasteiger partial charge in [-0.25, -0.2) is 0 Å². The van der Waals surface area contributed by atoms with E-state index in [1.165, 1.54) is 24.3 Å². The lowest BCUT2D eigenvalue weighted by Gasteiger charge is -2.11. The fourth-order valence-corrected chi connectivity index (χ4v) is 1.81. The number of thiocarbonyl (C=S) groups is 2. The number of nitrogens with two attached hydrogens (primary N) is 2. The van der Waals surface area contributed by atoms with Crippen molar-refractivity contribution in [1.82, 2.24) is 10.6 Å². The van der Waals surface area contributed by atoms with Crippen LogP contribution in [0, 0.1) is 10.8 Å². The summed E-state index contributed by atoms with van der Waals surface area (Å²) in [6.07, 6.45) is 0. The number of carbonyl (C=O) groups excluding carboxylic acids is 2. The minimum Gasteiger partial charge on any atom is -0.399 e. The van der Waals surface area contributed by atoms with Crippen LogP contribution in [0.4, 0.5) is 0 Å². The molecule has 126 valence electrons. The smallest absolute Gasteiger partial charge is 0.286 e. The molecule has 12 heteroatoms. The van der Waals surface area contributed by atoms with E-state index < -0.39 is 34.2 Å². The molecule has 0 unspecified atom stereocenters. The molecule has 8 N–H and O–H groups in total. The summed E-state index contributed by atoms with van der Waals surface area (Å²) >= 11 is 9.36. The van der Waals surface area contributed by atoms with Gasteiger partial charge in [0, 0.05) is 0 Å². The standard InChI is InChI=1S/C12H12N6O4S2/c13-9(14)21-11(23)17-7(19)5-3-1-2-4-6(5)8(20)18-12(24)22-10(15)16/h1-4H,(H3,13,14)(H3,15,16)(H,17,19,23)(H,18,20,24). The summed E-state index contributed by atoms with van der Waals surface area (Å²) in [6, 6.07) is 4.36. The van der Waals surface area contributed by atoms with Crippen molar-refractivity contribution in [3.05, 3.63) is 35.4 Å². The average Bonchev–Trinajstić information content (AvgIpc) is 2.45. The third kappa shape index (κ3) is 5.94. The highest BCUT2D eigenvalue weighted by Gasteiger charge is 2.19. The van der Waals surface area contributed by atoms with Gasteiger partial charge in [-0.2, -0.15) is 0 Å². The highest BCUT2D eigenvalue weighted by atomic mass is 32.1. The second-order valence-electron chi connectivity index (χ2n) is 3.96. The fourth-order valence-electron chi connectivity index (χ4n) is 1.45. The zero-order valence-corrected chi connectivity index (χ0v) is 13.5. The maximum Gasteiger partial charge on any atom is 0.286 e. The Labute approximate surface area is 146 Å². The zero-order valence-electron chi connectivity index (χ0n) is 11.9. The molecule has 0 aliphatic heterocycles. The Kier molecular flexibility index (Phi) is 6.70. The second kappa shape index (κ2) is 8.50. The van der Waals surface area contributed by atoms with Crippen molar-refractivity contribution >= 4 is 58.6 Å². The molecule has 0 saturated heterocycles. The van der Waals surface area contributed by atoms with Crippen molar-refractivity contribution in [2.45, 2.75) is 0 Å². The molecule has 0 bridgehead atoms. The summed E-state index contributed by atoms with van der Waals surface area (Å²) < 4.78 is 9.07. The molecule has 1 aromatic rings. The third-order valence-electron chi connectivity index (χ3n) is 2.25. The van der Waals surface area contributed by atoms with E-state index in [0.717, 1.165) is 0 Å². The summed E-state index contributed by atoms with van der Waals surface area (Å²) in [5, 5.41) is 17.3. The molecule has 24 heavy (non-hydrogen) atoms. The normalized spacial score (nSPS) is 9.33. The summed E-state index contributed by atoms with van der Waals surface area (Å²) in [4.78, 5) is 24.3. The van der Waals surface area contributed by atoms with Crippen LogP contribution in [0.25, 0.3) is 0 Å². The Morgan fingerprint density at radius 1 is 0.875 bits per heavy atom. The molecule has 0 saturated carbocycles. The van der Waals surface area contributed by atoms with Gasteiger partial charge >= 0.3 is 0 Å². The first-order valence-electron chi connectivity index (χ1n) is 6.04. The van der Waals surface area contributed by atoms with Gasteiger partial charge in [0.2, 0.25) is 0 Å². The number of ether oxygens (including phenoxy) is 2. The van der Waals surface area contributed by atoms with E-state index in [-0.39, 0.29) is 11.1 Å². The molecular weight excluding hydrogens is 356 g/mol. The van der Waals surface area contributed by atoms with E-state index in [2.05, 4.69) is 44.5 Å². The number of hydrogen-bond donors (Lipinski definition) is 6. The summed E-state index contributed by atoms with van der Waals surface area (Å²) in [7, 11) is 0. The molecule has 1 rings (SSSR count). The van der Waals surface area contributed by atoms with E-state index in [0.29, 0.717) is 0 Å². The van der Waals surface area contributed by atoms with Crippen LogP contribution in [0.3, 0.4) is 0 Å². The van der Waals surface area contributed by atoms with Crippen molar-refractivity contribution in [3.63, 3.8) is 0 Å². The van der Waals surface area contributed by atoms with E-state index in [9.17, 15) is 9.59 Å². The maximum atomic E-state index is 12.1. The number of hydrogen-bond acceptors (Lipinski definition) is 8. The molecule has 0 fully saturated rings. The second-order valence-corrected chi connectivity index (χ2v) is 4.70. The van der Waals surface area contributed by atoms with E-state index >= 15 is 0 Å². The Balaban J connectivity index is 2.91. The van der Waals surface area contributed by atoms with Crippen LogP contribution in [0.15, 0.2) is 24.3 Å². The summed E-state index contributed by atoms with van der Waals surface area (Å²) in [6.45, 7) is 0. The maximum absolute atomic E-state index is 12.1. The van der Waals surface area contributed by atoms with Gasteiger partial charge < -0.3 is 20.9 Å². The Hall–Kier alpha value is -3.12. The lowest BCUT2D eigenvalue weighted by Crippen LogP contribution is -2.37. The molecule has 2 amide bonds. The van der Waals surface area contributed by atoms with Gasteiger partial charge in [0.15, 0.2) is 0 Å². The number of nitrogens with one attached hydrogen (secondary N) is 4. The van der Waals surface area contributed by atoms with Crippen LogP contribution in [0.5, 0.6) is 0 Å². The topological polar surface area (TPSA) is 176 Å². The van der Waals surface area contributed by atoms with Crippen LogP contribution in [0.1, 0.15) is 20.7 Å². The molecule has 0 heterocycles. The van der Waals surface area contributed by atoms with Gasteiger partial charge in [-0.15, -0.1) is 0 Å². The monoisotopic (exact) mass is 368 g/mol. The molecule has 0 aliphatic carbocycles. The Morgan fingerprint density at radius 3 is 1.50 bits per heavy atom. The minimum atomic E-state index is -0.759. The molecule has 0 spiro atoms. The van der Waals surface area contributed by atoms with Crippen LogP contribution < -0.4 is 22.1 Å². The highest BCUT2D eigenvalue weighted by Crippen LogP contribution is 2.09. The summed E-state index contributed by atoms with van der Waals surface area (Å²) in [5.74, 6) is -1.52. The number of amidine groups is 2. The van der Waals surface area contributed by atoms with Gasteiger partial charge in [-0.05, 0) is 36.6 Å². The van der Waals surface area contributed by atoms with Crippen molar-refractivity contribution in [2.75, 3.05) is 0 Å². The van der Waals surface area contributed by atoms with Crippen molar-refractivity contribution in [1.29, 1.82) is 10.8 Å². The average molecular weight is 368 g/mol. The number of carbonyl (C=O) groups is 2. The zero-order chi connectivity index (χ0) is 18.3. The SMILES string of the molecule is N=C(N)OC(=S)NC(=O)c1ccccc1C(=O)NC(=S)OC(=N)N. The first-order chi connectivity index (χ1) is 11.2. The first kappa shape index (κ1) is 18.9. The van der Waals surface area contributed by atoms with Gasteiger partial charge in [0.05, 0.1) is 11.1 Å². The molecular formula is C12H12N6O4S2. The Morgan fingerprint density at radius 2 is 1.21 bits per heavy atom. The molecule has 0 aliphatic rings. The predicted molar refractivity (Wildman–Crippen MR) is 92.6 cm³/mol. The van der Waals surface area contributed by atoms with Gasteiger partial charge in [0.25, 0.3) is 34.2 Å². The molecule has 1 aromatic carbocycles. The molecule has 0 radical (unpaired) electrons. The van der Waals surface area contributed by atoms with Crippen molar-refractivity contribution in [3.8, 4) is 0 Å². The van der Waals surface area contributed by atoms with Gasteiger partial charge in [-0.1, -0.05) is 12.1 Å². The van der Waals surface area contributed by atoms with Crippen LogP contribution in [-0.4, -0.2) is 34.2 Å². The van der Waals surface area contributed by atoms with E-state index in [1.54, 1.807) is 0 Å². The highest BCUT2D eigenvalue weighted by molar-refractivity contribution is 7.80. The first-order valence-corrected chi connectivity index (χ1v) is 6.85. The Bertz CT molecular complexity index is 675. The van der Waals surface area contributed by atoms with Crippen LogP contribution in [0.2, 0.25) is 0 Å². The van der Waals surface area contributed by atoms with Crippen LogP contribution >= 0.6 is 24.4 Å². The van der Waals surface area contributed by atoms with Crippen molar-refractivity contribution in [2.24, 2.45) is 11.5 Å². The van der Waals surface area contributed by atoms with Crippen molar-refractivity contribution < 1.29 is 19.1 Å². The van der Waals surface area contributed by atoms with Gasteiger partial charge in [0.1, 0.15) is 0 Å². The minimum absolute atomic E-state index is 0.0462. The van der Waals surface area contributed by atoms with Crippen LogP contribution in [-0.2, 0) is 9.47 Å². The lowest BCUT2D eigenvalue weighted by molar-refractivity contribution is 0.0938. The predicted octanol–water partition coefficient (Wildman–Crippen LogP) is -0.464. The third-order valence-corrected chi connectivity index (χ3v) is 2.62. The van der Waals surface area contributed by atoms with E-state index in [4.69, 9.17) is 22.3 Å². The summed E-state index contributed by atoms with van der Waals surface area (Å²) in [5.41, 5.74) is 9.87. The lowest BCUT2D eigenvalue weighted by atomic mass is 10.1. The largest absolute Gasteiger partial charge is 0.399 e. The molecule has 10 nitrogen and oxygen atoms in total. The number of rotatable bonds is 2. The van der Waals surface area contributed by atoms with Gasteiger partial charge in [-0.3, -0.25) is 31.0 Å². The number of benzene rings is 1. The van der Waals surface area contributed by atoms with E-state index in [1.807, 2.05) is 0 Å². The fraction of sp³-hybridized carbons (Fsp3) is 0. The molecule has 0 atom stereocenters. The molecule has 0 aromatic heterocycles.